The summed E-state index contributed by atoms with van der Waals surface area (Å²) in [5.41, 5.74) is 2.86. The highest BCUT2D eigenvalue weighted by molar-refractivity contribution is 7.92. The SMILES string of the molecule is COc1ccc(S(=O)(=O)N(CC(=O)Nc2cc(C)cc(C)c2)c2ccc(Cl)cc2)cc1OC. The van der Waals surface area contributed by atoms with Crippen LogP contribution in [0.15, 0.2) is 65.6 Å². The van der Waals surface area contributed by atoms with Gasteiger partial charge in [0.25, 0.3) is 10.0 Å². The van der Waals surface area contributed by atoms with Crippen LogP contribution in [0.25, 0.3) is 0 Å². The second-order valence-corrected chi connectivity index (χ2v) is 9.73. The number of benzene rings is 3. The Bertz CT molecular complexity index is 1240. The first kappa shape index (κ1) is 24.4. The molecule has 0 unspecified atom stereocenters. The van der Waals surface area contributed by atoms with Gasteiger partial charge in [-0.2, -0.15) is 0 Å². The van der Waals surface area contributed by atoms with Gasteiger partial charge in [0.2, 0.25) is 5.91 Å². The Balaban J connectivity index is 1.99. The number of amides is 1. The summed E-state index contributed by atoms with van der Waals surface area (Å²) in [5.74, 6) is 0.162. The molecule has 0 aliphatic rings. The molecule has 0 radical (unpaired) electrons. The molecule has 7 nitrogen and oxygen atoms in total. The molecule has 3 aromatic carbocycles. The number of ether oxygens (including phenoxy) is 2. The molecule has 0 aromatic heterocycles. The Morgan fingerprint density at radius 1 is 0.909 bits per heavy atom. The molecular formula is C24H25ClN2O5S. The molecule has 9 heteroatoms. The number of methoxy groups -OCH3 is 2. The van der Waals surface area contributed by atoms with Crippen molar-refractivity contribution in [2.24, 2.45) is 0 Å². The third-order valence-corrected chi connectivity index (χ3v) is 6.87. The first-order valence-corrected chi connectivity index (χ1v) is 11.8. The van der Waals surface area contributed by atoms with E-state index in [4.69, 9.17) is 21.1 Å². The van der Waals surface area contributed by atoms with Gasteiger partial charge in [-0.1, -0.05) is 17.7 Å². The molecule has 174 valence electrons. The summed E-state index contributed by atoms with van der Waals surface area (Å²) in [4.78, 5) is 12.9. The zero-order valence-electron chi connectivity index (χ0n) is 18.8. The average Bonchev–Trinajstić information content (AvgIpc) is 2.76. The van der Waals surface area contributed by atoms with E-state index in [0.717, 1.165) is 15.4 Å². The quantitative estimate of drug-likeness (QED) is 0.492. The predicted octanol–water partition coefficient (Wildman–Crippen LogP) is 4.81. The van der Waals surface area contributed by atoms with Gasteiger partial charge in [-0.05, 0) is 73.5 Å². The Morgan fingerprint density at radius 3 is 2.09 bits per heavy atom. The molecule has 0 saturated carbocycles. The van der Waals surface area contributed by atoms with Crippen LogP contribution in [0.1, 0.15) is 11.1 Å². The topological polar surface area (TPSA) is 84.9 Å². The van der Waals surface area contributed by atoms with E-state index >= 15 is 0 Å². The molecule has 1 amide bonds. The van der Waals surface area contributed by atoms with Crippen molar-refractivity contribution < 1.29 is 22.7 Å². The van der Waals surface area contributed by atoms with Gasteiger partial charge in [0.15, 0.2) is 11.5 Å². The highest BCUT2D eigenvalue weighted by Crippen LogP contribution is 2.32. The Kier molecular flexibility index (Phi) is 7.50. The lowest BCUT2D eigenvalue weighted by atomic mass is 10.1. The predicted molar refractivity (Wildman–Crippen MR) is 130 cm³/mol. The zero-order chi connectivity index (χ0) is 24.2. The summed E-state index contributed by atoms with van der Waals surface area (Å²) in [5, 5.41) is 3.23. The number of sulfonamides is 1. The van der Waals surface area contributed by atoms with Crippen LogP contribution in [-0.2, 0) is 14.8 Å². The maximum atomic E-state index is 13.6. The third kappa shape index (κ3) is 5.77. The summed E-state index contributed by atoms with van der Waals surface area (Å²) in [6.07, 6.45) is 0. The molecular weight excluding hydrogens is 464 g/mol. The summed E-state index contributed by atoms with van der Waals surface area (Å²) in [6, 6.07) is 16.1. The number of rotatable bonds is 8. The van der Waals surface area contributed by atoms with E-state index in [1.807, 2.05) is 32.0 Å². The fourth-order valence-electron chi connectivity index (χ4n) is 3.40. The van der Waals surface area contributed by atoms with E-state index in [1.54, 1.807) is 24.3 Å². The fraction of sp³-hybridized carbons (Fsp3) is 0.208. The van der Waals surface area contributed by atoms with Gasteiger partial charge in [0, 0.05) is 16.8 Å². The van der Waals surface area contributed by atoms with Crippen LogP contribution < -0.4 is 19.1 Å². The van der Waals surface area contributed by atoms with Gasteiger partial charge >= 0.3 is 0 Å². The molecule has 0 atom stereocenters. The molecule has 0 heterocycles. The fourth-order valence-corrected chi connectivity index (χ4v) is 4.97. The second kappa shape index (κ2) is 10.1. The van der Waals surface area contributed by atoms with Crippen molar-refractivity contribution in [2.75, 3.05) is 30.4 Å². The molecule has 0 spiro atoms. The average molecular weight is 489 g/mol. The summed E-state index contributed by atoms with van der Waals surface area (Å²) in [6.45, 7) is 3.40. The van der Waals surface area contributed by atoms with E-state index in [1.165, 1.54) is 32.4 Å². The summed E-state index contributed by atoms with van der Waals surface area (Å²) < 4.78 is 38.7. The van der Waals surface area contributed by atoms with E-state index in [2.05, 4.69) is 5.32 Å². The lowest BCUT2D eigenvalue weighted by Crippen LogP contribution is -2.38. The summed E-state index contributed by atoms with van der Waals surface area (Å²) in [7, 11) is -1.25. The highest BCUT2D eigenvalue weighted by atomic mass is 35.5. The van der Waals surface area contributed by atoms with Gasteiger partial charge < -0.3 is 14.8 Å². The van der Waals surface area contributed by atoms with E-state index in [-0.39, 0.29) is 10.6 Å². The summed E-state index contributed by atoms with van der Waals surface area (Å²) >= 11 is 5.99. The van der Waals surface area contributed by atoms with Crippen LogP contribution in [-0.4, -0.2) is 35.1 Å². The Labute approximate surface area is 198 Å². The van der Waals surface area contributed by atoms with Crippen molar-refractivity contribution in [1.82, 2.24) is 0 Å². The van der Waals surface area contributed by atoms with Crippen LogP contribution in [0, 0.1) is 13.8 Å². The van der Waals surface area contributed by atoms with Gasteiger partial charge in [-0.25, -0.2) is 8.42 Å². The maximum absolute atomic E-state index is 13.6. The number of hydrogen-bond acceptors (Lipinski definition) is 5. The molecule has 33 heavy (non-hydrogen) atoms. The third-order valence-electron chi connectivity index (χ3n) is 4.85. The number of carbonyl (C=O) groups excluding carboxylic acids is 1. The van der Waals surface area contributed by atoms with Crippen molar-refractivity contribution in [3.8, 4) is 11.5 Å². The number of nitrogens with one attached hydrogen (secondary N) is 1. The van der Waals surface area contributed by atoms with Crippen LogP contribution >= 0.6 is 11.6 Å². The monoisotopic (exact) mass is 488 g/mol. The largest absolute Gasteiger partial charge is 0.493 e. The van der Waals surface area contributed by atoms with Crippen molar-refractivity contribution >= 4 is 38.9 Å². The van der Waals surface area contributed by atoms with Crippen LogP contribution in [0.2, 0.25) is 5.02 Å². The first-order chi connectivity index (χ1) is 15.6. The first-order valence-electron chi connectivity index (χ1n) is 10.0. The minimum Gasteiger partial charge on any atom is -0.493 e. The Hall–Kier alpha value is -3.23. The van der Waals surface area contributed by atoms with Crippen LogP contribution in [0.5, 0.6) is 11.5 Å². The maximum Gasteiger partial charge on any atom is 0.264 e. The zero-order valence-corrected chi connectivity index (χ0v) is 20.3. The molecule has 0 aliphatic carbocycles. The molecule has 0 fully saturated rings. The van der Waals surface area contributed by atoms with Crippen molar-refractivity contribution in [2.45, 2.75) is 18.7 Å². The molecule has 0 aliphatic heterocycles. The smallest absolute Gasteiger partial charge is 0.264 e. The Morgan fingerprint density at radius 2 is 1.52 bits per heavy atom. The van der Waals surface area contributed by atoms with Crippen molar-refractivity contribution in [1.29, 1.82) is 0 Å². The van der Waals surface area contributed by atoms with E-state index in [9.17, 15) is 13.2 Å². The van der Waals surface area contributed by atoms with Gasteiger partial charge in [0.1, 0.15) is 6.54 Å². The van der Waals surface area contributed by atoms with Gasteiger partial charge in [-0.3, -0.25) is 9.10 Å². The van der Waals surface area contributed by atoms with Crippen LogP contribution in [0.4, 0.5) is 11.4 Å². The standard InChI is InChI=1S/C24H25ClN2O5S/c1-16-11-17(2)13-19(12-16)26-24(28)15-27(20-7-5-18(25)6-8-20)33(29,30)21-9-10-22(31-3)23(14-21)32-4/h5-14H,15H2,1-4H3,(H,26,28). The van der Waals surface area contributed by atoms with Crippen molar-refractivity contribution in [3.05, 3.63) is 76.8 Å². The molecule has 0 saturated heterocycles. The number of anilines is 2. The number of aryl methyl sites for hydroxylation is 2. The van der Waals surface area contributed by atoms with Crippen LogP contribution in [0.3, 0.4) is 0 Å². The normalized spacial score (nSPS) is 11.1. The number of nitrogens with zero attached hydrogens (tertiary/aromatic N) is 1. The molecule has 3 rings (SSSR count). The molecule has 1 N–H and O–H groups in total. The minimum atomic E-state index is -4.13. The minimum absolute atomic E-state index is 0.0469. The van der Waals surface area contributed by atoms with Gasteiger partial charge in [0.05, 0.1) is 24.8 Å². The number of hydrogen-bond donors (Lipinski definition) is 1. The second-order valence-electron chi connectivity index (χ2n) is 7.43. The highest BCUT2D eigenvalue weighted by Gasteiger charge is 2.28. The number of halogens is 1. The lowest BCUT2D eigenvalue weighted by molar-refractivity contribution is -0.114. The van der Waals surface area contributed by atoms with E-state index < -0.39 is 22.5 Å². The molecule has 3 aromatic rings. The molecule has 0 bridgehead atoms. The van der Waals surface area contributed by atoms with E-state index in [0.29, 0.717) is 22.1 Å². The van der Waals surface area contributed by atoms with Crippen molar-refractivity contribution in [3.63, 3.8) is 0 Å². The number of carbonyl (C=O) groups is 1. The van der Waals surface area contributed by atoms with Gasteiger partial charge in [-0.15, -0.1) is 0 Å². The lowest BCUT2D eigenvalue weighted by Gasteiger charge is -2.24.